The van der Waals surface area contributed by atoms with Gasteiger partial charge in [-0.05, 0) is 23.8 Å². The minimum absolute atomic E-state index is 0.197. The number of carbonyl (C=O) groups excluding carboxylic acids is 1. The molecular formula is C19H22Cl2N4O. The fourth-order valence-electron chi connectivity index (χ4n) is 2.43. The van der Waals surface area contributed by atoms with Crippen molar-refractivity contribution in [1.82, 2.24) is 15.5 Å². The highest BCUT2D eigenvalue weighted by Crippen LogP contribution is 2.16. The van der Waals surface area contributed by atoms with Crippen molar-refractivity contribution in [3.05, 3.63) is 69.7 Å². The first-order valence-electron chi connectivity index (χ1n) is 8.21. The van der Waals surface area contributed by atoms with Crippen molar-refractivity contribution in [2.45, 2.75) is 6.54 Å². The van der Waals surface area contributed by atoms with Gasteiger partial charge in [0.1, 0.15) is 0 Å². The Morgan fingerprint density at radius 3 is 2.27 bits per heavy atom. The molecule has 0 aromatic heterocycles. The molecule has 0 radical (unpaired) electrons. The minimum Gasteiger partial charge on any atom is -0.354 e. The third-order valence-electron chi connectivity index (χ3n) is 3.75. The average molecular weight is 393 g/mol. The van der Waals surface area contributed by atoms with Crippen LogP contribution in [-0.4, -0.2) is 44.0 Å². The summed E-state index contributed by atoms with van der Waals surface area (Å²) in [6.07, 6.45) is 0. The van der Waals surface area contributed by atoms with Crippen LogP contribution < -0.4 is 10.6 Å². The second-order valence-corrected chi connectivity index (χ2v) is 6.47. The summed E-state index contributed by atoms with van der Waals surface area (Å²) in [5.41, 5.74) is 1.49. The quantitative estimate of drug-likeness (QED) is 0.449. The molecule has 0 atom stereocenters. The number of carbonyl (C=O) groups is 1. The standard InChI is InChI=1S/C19H22Cl2N4O/c1-22-19(25(2)13-14-7-3-5-9-16(14)20)24-12-11-23-18(26)15-8-4-6-10-17(15)21/h3-10H,11-13H2,1-2H3,(H,22,24)(H,23,26). The molecule has 2 N–H and O–H groups in total. The van der Waals surface area contributed by atoms with Gasteiger partial charge in [0.15, 0.2) is 5.96 Å². The number of aliphatic imine (C=N–C) groups is 1. The Hall–Kier alpha value is -2.24. The predicted octanol–water partition coefficient (Wildman–Crippen LogP) is 3.43. The molecule has 0 aliphatic rings. The van der Waals surface area contributed by atoms with E-state index in [2.05, 4.69) is 15.6 Å². The zero-order valence-electron chi connectivity index (χ0n) is 14.8. The van der Waals surface area contributed by atoms with Gasteiger partial charge in [-0.3, -0.25) is 9.79 Å². The molecule has 0 saturated carbocycles. The highest BCUT2D eigenvalue weighted by Gasteiger charge is 2.10. The fraction of sp³-hybridized carbons (Fsp3) is 0.263. The zero-order chi connectivity index (χ0) is 18.9. The molecule has 2 aromatic rings. The molecule has 1 amide bonds. The van der Waals surface area contributed by atoms with E-state index < -0.39 is 0 Å². The van der Waals surface area contributed by atoms with Crippen LogP contribution in [0.4, 0.5) is 0 Å². The molecule has 138 valence electrons. The largest absolute Gasteiger partial charge is 0.354 e. The van der Waals surface area contributed by atoms with Crippen LogP contribution in [0.3, 0.4) is 0 Å². The van der Waals surface area contributed by atoms with Gasteiger partial charge < -0.3 is 15.5 Å². The van der Waals surface area contributed by atoms with Crippen molar-refractivity contribution in [1.29, 1.82) is 0 Å². The molecule has 5 nitrogen and oxygen atoms in total. The lowest BCUT2D eigenvalue weighted by Crippen LogP contribution is -2.42. The number of nitrogens with zero attached hydrogens (tertiary/aromatic N) is 2. The van der Waals surface area contributed by atoms with Crippen LogP contribution in [0.15, 0.2) is 53.5 Å². The van der Waals surface area contributed by atoms with Crippen molar-refractivity contribution in [2.75, 3.05) is 27.2 Å². The molecule has 2 aromatic carbocycles. The van der Waals surface area contributed by atoms with Crippen molar-refractivity contribution in [2.24, 2.45) is 4.99 Å². The van der Waals surface area contributed by atoms with Gasteiger partial charge >= 0.3 is 0 Å². The van der Waals surface area contributed by atoms with Crippen LogP contribution >= 0.6 is 23.2 Å². The van der Waals surface area contributed by atoms with Crippen LogP contribution in [-0.2, 0) is 6.54 Å². The normalized spacial score (nSPS) is 11.2. The molecule has 26 heavy (non-hydrogen) atoms. The van der Waals surface area contributed by atoms with Gasteiger partial charge in [-0.15, -0.1) is 0 Å². The minimum atomic E-state index is -0.197. The number of hydrogen-bond acceptors (Lipinski definition) is 2. The van der Waals surface area contributed by atoms with Gasteiger partial charge in [0.25, 0.3) is 5.91 Å². The first kappa shape index (κ1) is 20.1. The highest BCUT2D eigenvalue weighted by molar-refractivity contribution is 6.33. The Morgan fingerprint density at radius 2 is 1.62 bits per heavy atom. The number of halogens is 2. The second-order valence-electron chi connectivity index (χ2n) is 5.66. The summed E-state index contributed by atoms with van der Waals surface area (Å²) in [4.78, 5) is 18.3. The van der Waals surface area contributed by atoms with E-state index in [9.17, 15) is 4.79 Å². The van der Waals surface area contributed by atoms with Crippen molar-refractivity contribution < 1.29 is 4.79 Å². The lowest BCUT2D eigenvalue weighted by molar-refractivity contribution is 0.0954. The Kier molecular flexibility index (Phi) is 7.75. The van der Waals surface area contributed by atoms with Gasteiger partial charge in [0.2, 0.25) is 0 Å². The van der Waals surface area contributed by atoms with E-state index in [-0.39, 0.29) is 5.91 Å². The lowest BCUT2D eigenvalue weighted by atomic mass is 10.2. The van der Waals surface area contributed by atoms with Gasteiger partial charge in [0, 0.05) is 38.8 Å². The number of amides is 1. The van der Waals surface area contributed by atoms with Gasteiger partial charge in [-0.1, -0.05) is 53.5 Å². The van der Waals surface area contributed by atoms with Gasteiger partial charge in [-0.2, -0.15) is 0 Å². The first-order valence-corrected chi connectivity index (χ1v) is 8.96. The van der Waals surface area contributed by atoms with Crippen LogP contribution in [0.2, 0.25) is 10.0 Å². The van der Waals surface area contributed by atoms with Crippen LogP contribution in [0.1, 0.15) is 15.9 Å². The van der Waals surface area contributed by atoms with E-state index in [0.717, 1.165) is 16.5 Å². The Bertz CT molecular complexity index is 780. The topological polar surface area (TPSA) is 56.7 Å². The first-order chi connectivity index (χ1) is 12.5. The van der Waals surface area contributed by atoms with E-state index in [4.69, 9.17) is 23.2 Å². The van der Waals surface area contributed by atoms with Crippen LogP contribution in [0.25, 0.3) is 0 Å². The third-order valence-corrected chi connectivity index (χ3v) is 4.45. The molecule has 0 fully saturated rings. The number of nitrogens with one attached hydrogen (secondary N) is 2. The second kappa shape index (κ2) is 10.0. The molecule has 0 unspecified atom stereocenters. The Balaban J connectivity index is 1.81. The van der Waals surface area contributed by atoms with Crippen molar-refractivity contribution in [3.8, 4) is 0 Å². The summed E-state index contributed by atoms with van der Waals surface area (Å²) in [5, 5.41) is 7.21. The molecule has 0 bridgehead atoms. The van der Waals surface area contributed by atoms with Crippen molar-refractivity contribution in [3.63, 3.8) is 0 Å². The zero-order valence-corrected chi connectivity index (χ0v) is 16.3. The monoisotopic (exact) mass is 392 g/mol. The number of hydrogen-bond donors (Lipinski definition) is 2. The van der Waals surface area contributed by atoms with E-state index >= 15 is 0 Å². The Labute approximate surface area is 164 Å². The van der Waals surface area contributed by atoms with Crippen LogP contribution in [0, 0.1) is 0 Å². The Morgan fingerprint density at radius 1 is 1.00 bits per heavy atom. The molecular weight excluding hydrogens is 371 g/mol. The van der Waals surface area contributed by atoms with Crippen molar-refractivity contribution >= 4 is 35.1 Å². The average Bonchev–Trinajstić information content (AvgIpc) is 2.63. The maximum atomic E-state index is 12.1. The number of rotatable bonds is 6. The summed E-state index contributed by atoms with van der Waals surface area (Å²) in [6, 6.07) is 14.7. The molecule has 2 rings (SSSR count). The molecule has 0 heterocycles. The summed E-state index contributed by atoms with van der Waals surface area (Å²) in [7, 11) is 3.65. The van der Waals surface area contributed by atoms with E-state index in [1.807, 2.05) is 36.2 Å². The number of guanidine groups is 1. The van der Waals surface area contributed by atoms with Gasteiger partial charge in [0.05, 0.1) is 10.6 Å². The number of benzene rings is 2. The molecule has 0 spiro atoms. The predicted molar refractivity (Wildman–Crippen MR) is 108 cm³/mol. The van der Waals surface area contributed by atoms with Crippen LogP contribution in [0.5, 0.6) is 0 Å². The fourth-order valence-corrected chi connectivity index (χ4v) is 2.85. The smallest absolute Gasteiger partial charge is 0.252 e. The van der Waals surface area contributed by atoms with E-state index in [1.54, 1.807) is 31.3 Å². The molecule has 7 heteroatoms. The highest BCUT2D eigenvalue weighted by atomic mass is 35.5. The maximum absolute atomic E-state index is 12.1. The van der Waals surface area contributed by atoms with E-state index in [0.29, 0.717) is 30.2 Å². The third kappa shape index (κ3) is 5.64. The van der Waals surface area contributed by atoms with Gasteiger partial charge in [-0.25, -0.2) is 0 Å². The lowest BCUT2D eigenvalue weighted by Gasteiger charge is -2.22. The molecule has 0 aliphatic heterocycles. The summed E-state index contributed by atoms with van der Waals surface area (Å²) in [6.45, 7) is 1.62. The summed E-state index contributed by atoms with van der Waals surface area (Å²) in [5.74, 6) is 0.522. The summed E-state index contributed by atoms with van der Waals surface area (Å²) >= 11 is 12.2. The molecule has 0 aliphatic carbocycles. The van der Waals surface area contributed by atoms with E-state index in [1.165, 1.54) is 0 Å². The SMILES string of the molecule is CN=C(NCCNC(=O)c1ccccc1Cl)N(C)Cc1ccccc1Cl. The maximum Gasteiger partial charge on any atom is 0.252 e. The summed E-state index contributed by atoms with van der Waals surface area (Å²) < 4.78 is 0. The molecule has 0 saturated heterocycles.